The molecule has 0 fully saturated rings. The summed E-state index contributed by atoms with van der Waals surface area (Å²) >= 11 is 0. The first kappa shape index (κ1) is 11.8. The van der Waals surface area contributed by atoms with Gasteiger partial charge < -0.3 is 10.5 Å². The minimum Gasteiger partial charge on any atom is -0.493 e. The summed E-state index contributed by atoms with van der Waals surface area (Å²) in [4.78, 5) is 0. The van der Waals surface area contributed by atoms with Gasteiger partial charge in [0.15, 0.2) is 0 Å². The number of halogens is 1. The second-order valence-electron chi connectivity index (χ2n) is 2.34. The molecule has 0 spiro atoms. The van der Waals surface area contributed by atoms with Crippen LogP contribution in [0, 0.1) is 5.41 Å². The van der Waals surface area contributed by atoms with Crippen LogP contribution >= 0.6 is 12.4 Å². The van der Waals surface area contributed by atoms with Crippen LogP contribution < -0.4 is 10.5 Å². The maximum Gasteiger partial charge on any atom is 0.130 e. The lowest BCUT2D eigenvalue weighted by atomic mass is 10.2. The van der Waals surface area contributed by atoms with E-state index in [1.165, 1.54) is 0 Å². The first-order valence-electron chi connectivity index (χ1n) is 3.82. The van der Waals surface area contributed by atoms with Crippen molar-refractivity contribution < 1.29 is 4.74 Å². The minimum absolute atomic E-state index is 0. The molecule has 0 unspecified atom stereocenters. The SMILES string of the molecule is CCOc1ccccc1C(=N)N.Cl. The minimum atomic E-state index is 0. The largest absolute Gasteiger partial charge is 0.493 e. The van der Waals surface area contributed by atoms with Crippen LogP contribution in [0.5, 0.6) is 5.75 Å². The standard InChI is InChI=1S/C9H12N2O.ClH/c1-2-12-8-6-4-3-5-7(8)9(10)11;/h3-6H,2H2,1H3,(H3,10,11);1H. The van der Waals surface area contributed by atoms with E-state index in [9.17, 15) is 0 Å². The molecule has 1 rings (SSSR count). The third-order valence-corrected chi connectivity index (χ3v) is 1.48. The number of nitrogen functional groups attached to an aromatic ring is 1. The molecule has 0 aromatic heterocycles. The average molecular weight is 201 g/mol. The lowest BCUT2D eigenvalue weighted by molar-refractivity contribution is 0.339. The Bertz CT molecular complexity index is 289. The van der Waals surface area contributed by atoms with Crippen LogP contribution in [0.3, 0.4) is 0 Å². The third kappa shape index (κ3) is 2.95. The van der Waals surface area contributed by atoms with E-state index in [0.29, 0.717) is 17.9 Å². The normalized spacial score (nSPS) is 8.69. The molecule has 0 saturated heterocycles. The predicted octanol–water partition coefficient (Wildman–Crippen LogP) is 1.79. The van der Waals surface area contributed by atoms with Crippen LogP contribution in [0.4, 0.5) is 0 Å². The quantitative estimate of drug-likeness (QED) is 0.577. The van der Waals surface area contributed by atoms with Gasteiger partial charge in [0, 0.05) is 0 Å². The Morgan fingerprint density at radius 3 is 2.62 bits per heavy atom. The smallest absolute Gasteiger partial charge is 0.130 e. The Balaban J connectivity index is 0.00000144. The van der Waals surface area contributed by atoms with Crippen molar-refractivity contribution in [1.29, 1.82) is 5.41 Å². The second kappa shape index (κ2) is 5.43. The highest BCUT2D eigenvalue weighted by Crippen LogP contribution is 2.16. The highest BCUT2D eigenvalue weighted by atomic mass is 35.5. The van der Waals surface area contributed by atoms with Gasteiger partial charge in [-0.05, 0) is 19.1 Å². The fraction of sp³-hybridized carbons (Fsp3) is 0.222. The zero-order chi connectivity index (χ0) is 8.97. The van der Waals surface area contributed by atoms with Gasteiger partial charge in [-0.15, -0.1) is 12.4 Å². The lowest BCUT2D eigenvalue weighted by Gasteiger charge is -2.07. The fourth-order valence-corrected chi connectivity index (χ4v) is 0.971. The van der Waals surface area contributed by atoms with Crippen LogP contribution in [-0.2, 0) is 0 Å². The number of amidine groups is 1. The van der Waals surface area contributed by atoms with Crippen LogP contribution in [0.2, 0.25) is 0 Å². The topological polar surface area (TPSA) is 59.1 Å². The highest BCUT2D eigenvalue weighted by Gasteiger charge is 2.03. The van der Waals surface area contributed by atoms with Gasteiger partial charge >= 0.3 is 0 Å². The second-order valence-corrected chi connectivity index (χ2v) is 2.34. The van der Waals surface area contributed by atoms with Gasteiger partial charge in [0.25, 0.3) is 0 Å². The van der Waals surface area contributed by atoms with Crippen molar-refractivity contribution >= 4 is 18.2 Å². The molecule has 4 heteroatoms. The first-order valence-corrected chi connectivity index (χ1v) is 3.82. The average Bonchev–Trinajstić information content (AvgIpc) is 2.05. The molecule has 1 aromatic carbocycles. The number of benzene rings is 1. The predicted molar refractivity (Wildman–Crippen MR) is 55.9 cm³/mol. The zero-order valence-corrected chi connectivity index (χ0v) is 8.23. The molecule has 0 amide bonds. The maximum atomic E-state index is 7.25. The summed E-state index contributed by atoms with van der Waals surface area (Å²) in [6.45, 7) is 2.49. The summed E-state index contributed by atoms with van der Waals surface area (Å²) in [5, 5.41) is 7.25. The van der Waals surface area contributed by atoms with Crippen LogP contribution in [-0.4, -0.2) is 12.4 Å². The van der Waals surface area contributed by atoms with Crippen LogP contribution in [0.15, 0.2) is 24.3 Å². The molecule has 1 aromatic rings. The molecule has 3 N–H and O–H groups in total. The van der Waals surface area contributed by atoms with Crippen molar-refractivity contribution in [3.05, 3.63) is 29.8 Å². The molecule has 0 aliphatic carbocycles. The molecule has 0 bridgehead atoms. The molecule has 0 aliphatic heterocycles. The fourth-order valence-electron chi connectivity index (χ4n) is 0.971. The molecule has 3 nitrogen and oxygen atoms in total. The summed E-state index contributed by atoms with van der Waals surface area (Å²) in [5.74, 6) is 0.714. The third-order valence-electron chi connectivity index (χ3n) is 1.48. The maximum absolute atomic E-state index is 7.25. The molecule has 0 saturated carbocycles. The van der Waals surface area contributed by atoms with Gasteiger partial charge in [-0.1, -0.05) is 12.1 Å². The van der Waals surface area contributed by atoms with Crippen molar-refractivity contribution in [2.45, 2.75) is 6.92 Å². The zero-order valence-electron chi connectivity index (χ0n) is 7.41. The Hall–Kier alpha value is -1.22. The van der Waals surface area contributed by atoms with Crippen molar-refractivity contribution in [1.82, 2.24) is 0 Å². The summed E-state index contributed by atoms with van der Waals surface area (Å²) in [6.07, 6.45) is 0. The van der Waals surface area contributed by atoms with E-state index >= 15 is 0 Å². The van der Waals surface area contributed by atoms with Crippen LogP contribution in [0.25, 0.3) is 0 Å². The molecule has 72 valence electrons. The van der Waals surface area contributed by atoms with Crippen molar-refractivity contribution in [2.75, 3.05) is 6.61 Å². The number of hydrogen-bond donors (Lipinski definition) is 2. The highest BCUT2D eigenvalue weighted by molar-refractivity contribution is 5.97. The van der Waals surface area contributed by atoms with Gasteiger partial charge in [-0.25, -0.2) is 0 Å². The monoisotopic (exact) mass is 200 g/mol. The van der Waals surface area contributed by atoms with E-state index in [4.69, 9.17) is 15.9 Å². The number of para-hydroxylation sites is 1. The Morgan fingerprint density at radius 1 is 1.46 bits per heavy atom. The van der Waals surface area contributed by atoms with E-state index in [1.54, 1.807) is 12.1 Å². The van der Waals surface area contributed by atoms with Gasteiger partial charge in [-0.2, -0.15) is 0 Å². The number of hydrogen-bond acceptors (Lipinski definition) is 2. The summed E-state index contributed by atoms with van der Waals surface area (Å²) < 4.78 is 5.28. The Kier molecular flexibility index (Phi) is 4.92. The van der Waals surface area contributed by atoms with E-state index in [2.05, 4.69) is 0 Å². The molecule has 0 radical (unpaired) electrons. The lowest BCUT2D eigenvalue weighted by Crippen LogP contribution is -2.12. The van der Waals surface area contributed by atoms with Gasteiger partial charge in [0.05, 0.1) is 12.2 Å². The van der Waals surface area contributed by atoms with Crippen LogP contribution in [0.1, 0.15) is 12.5 Å². The summed E-state index contributed by atoms with van der Waals surface area (Å²) in [6, 6.07) is 7.27. The summed E-state index contributed by atoms with van der Waals surface area (Å²) in [7, 11) is 0. The number of nitrogens with one attached hydrogen (secondary N) is 1. The van der Waals surface area contributed by atoms with E-state index in [1.807, 2.05) is 19.1 Å². The van der Waals surface area contributed by atoms with Crippen molar-refractivity contribution in [3.63, 3.8) is 0 Å². The molecule has 0 aliphatic rings. The number of rotatable bonds is 3. The number of ether oxygens (including phenoxy) is 1. The molecule has 0 heterocycles. The van der Waals surface area contributed by atoms with Gasteiger partial charge in [0.1, 0.15) is 11.6 Å². The summed E-state index contributed by atoms with van der Waals surface area (Å²) in [5.41, 5.74) is 6.00. The number of nitrogens with two attached hydrogens (primary N) is 1. The van der Waals surface area contributed by atoms with Gasteiger partial charge in [0.2, 0.25) is 0 Å². The first-order chi connectivity index (χ1) is 5.75. The Labute approximate surface area is 83.8 Å². The molecule has 13 heavy (non-hydrogen) atoms. The Morgan fingerprint density at radius 2 is 2.08 bits per heavy atom. The van der Waals surface area contributed by atoms with Gasteiger partial charge in [-0.3, -0.25) is 5.41 Å². The van der Waals surface area contributed by atoms with E-state index in [0.717, 1.165) is 0 Å². The van der Waals surface area contributed by atoms with Crippen molar-refractivity contribution in [3.8, 4) is 5.75 Å². The van der Waals surface area contributed by atoms with E-state index < -0.39 is 0 Å². The molecular formula is C9H13ClN2O. The van der Waals surface area contributed by atoms with E-state index in [-0.39, 0.29) is 18.2 Å². The van der Waals surface area contributed by atoms with Crippen molar-refractivity contribution in [2.24, 2.45) is 5.73 Å². The molecular weight excluding hydrogens is 188 g/mol. The molecule has 0 atom stereocenters.